The van der Waals surface area contributed by atoms with Crippen LogP contribution in [0.3, 0.4) is 0 Å². The van der Waals surface area contributed by atoms with Gasteiger partial charge in [-0.25, -0.2) is 4.79 Å². The van der Waals surface area contributed by atoms with Gasteiger partial charge in [0.1, 0.15) is 0 Å². The highest BCUT2D eigenvalue weighted by Crippen LogP contribution is 2.32. The molecule has 100 valence electrons. The van der Waals surface area contributed by atoms with Crippen LogP contribution in [0.15, 0.2) is 12.1 Å². The van der Waals surface area contributed by atoms with Crippen LogP contribution in [0.1, 0.15) is 10.4 Å². The van der Waals surface area contributed by atoms with Crippen molar-refractivity contribution in [2.75, 3.05) is 18.8 Å². The van der Waals surface area contributed by atoms with Gasteiger partial charge in [0.25, 0.3) is 0 Å². The van der Waals surface area contributed by atoms with Crippen molar-refractivity contribution in [3.8, 4) is 0 Å². The number of hydrogen-bond acceptors (Lipinski definition) is 3. The topological polar surface area (TPSA) is 86.7 Å². The molecule has 0 aromatic heterocycles. The van der Waals surface area contributed by atoms with Gasteiger partial charge in [0.05, 0.1) is 21.3 Å². The number of halogens is 2. The minimum Gasteiger partial charge on any atom is -0.478 e. The van der Waals surface area contributed by atoms with Crippen LogP contribution in [-0.4, -0.2) is 37.9 Å². The van der Waals surface area contributed by atoms with Crippen LogP contribution in [0, 0.1) is 0 Å². The first-order chi connectivity index (χ1) is 8.15. The minimum absolute atomic E-state index is 0.0583. The molecule has 0 radical (unpaired) electrons. The Bertz CT molecular complexity index is 563. The lowest BCUT2D eigenvalue weighted by molar-refractivity contribution is 0.0697. The first kappa shape index (κ1) is 15.0. The number of carbonyl (C=O) groups is 1. The number of benzene rings is 1. The summed E-state index contributed by atoms with van der Waals surface area (Å²) >= 11 is 11.6. The van der Waals surface area contributed by atoms with Gasteiger partial charge in [-0.15, -0.1) is 0 Å². The molecule has 18 heavy (non-hydrogen) atoms. The molecule has 0 fully saturated rings. The van der Waals surface area contributed by atoms with Crippen LogP contribution in [0.5, 0.6) is 0 Å². The summed E-state index contributed by atoms with van der Waals surface area (Å²) in [6, 6.07) is 2.23. The Morgan fingerprint density at radius 3 is 2.06 bits per heavy atom. The molecule has 0 amide bonds. The summed E-state index contributed by atoms with van der Waals surface area (Å²) in [6.07, 6.45) is 0. The zero-order valence-electron chi connectivity index (χ0n) is 9.44. The SMILES string of the molecule is CN(C)S(=O)(=O)Nc1c(Cl)cc(C(=O)O)cc1Cl. The van der Waals surface area contributed by atoms with Gasteiger partial charge < -0.3 is 5.11 Å². The predicted octanol–water partition coefficient (Wildman–Crippen LogP) is 1.91. The van der Waals surface area contributed by atoms with E-state index >= 15 is 0 Å². The Balaban J connectivity index is 3.24. The lowest BCUT2D eigenvalue weighted by Gasteiger charge is -2.15. The lowest BCUT2D eigenvalue weighted by Crippen LogP contribution is -2.29. The molecule has 0 heterocycles. The van der Waals surface area contributed by atoms with Gasteiger partial charge in [-0.3, -0.25) is 4.72 Å². The number of nitrogens with one attached hydrogen (secondary N) is 1. The number of aromatic carboxylic acids is 1. The van der Waals surface area contributed by atoms with Gasteiger partial charge in [-0.1, -0.05) is 23.2 Å². The highest BCUT2D eigenvalue weighted by molar-refractivity contribution is 7.90. The van der Waals surface area contributed by atoms with Gasteiger partial charge in [-0.2, -0.15) is 12.7 Å². The largest absolute Gasteiger partial charge is 0.478 e. The van der Waals surface area contributed by atoms with Crippen molar-refractivity contribution in [2.24, 2.45) is 0 Å². The smallest absolute Gasteiger partial charge is 0.335 e. The van der Waals surface area contributed by atoms with E-state index in [1.165, 1.54) is 14.1 Å². The second-order valence-electron chi connectivity index (χ2n) is 3.51. The Morgan fingerprint density at radius 2 is 1.72 bits per heavy atom. The summed E-state index contributed by atoms with van der Waals surface area (Å²) in [4.78, 5) is 10.7. The molecule has 6 nitrogen and oxygen atoms in total. The maximum Gasteiger partial charge on any atom is 0.335 e. The molecule has 0 aliphatic rings. The van der Waals surface area contributed by atoms with E-state index in [1.54, 1.807) is 0 Å². The molecule has 0 saturated carbocycles. The van der Waals surface area contributed by atoms with Crippen LogP contribution >= 0.6 is 23.2 Å². The lowest BCUT2D eigenvalue weighted by atomic mass is 10.2. The van der Waals surface area contributed by atoms with E-state index in [0.29, 0.717) is 0 Å². The third-order valence-electron chi connectivity index (χ3n) is 2.00. The van der Waals surface area contributed by atoms with Crippen molar-refractivity contribution in [1.82, 2.24) is 4.31 Å². The van der Waals surface area contributed by atoms with Crippen molar-refractivity contribution >= 4 is 45.1 Å². The van der Waals surface area contributed by atoms with Crippen molar-refractivity contribution in [3.63, 3.8) is 0 Å². The molecule has 0 aliphatic carbocycles. The normalized spacial score (nSPS) is 11.6. The minimum atomic E-state index is -3.76. The van der Waals surface area contributed by atoms with E-state index in [-0.39, 0.29) is 21.3 Å². The molecule has 0 atom stereocenters. The molecular formula is C9H10Cl2N2O4S. The highest BCUT2D eigenvalue weighted by atomic mass is 35.5. The van der Waals surface area contributed by atoms with Crippen molar-refractivity contribution in [2.45, 2.75) is 0 Å². The third kappa shape index (κ3) is 3.26. The van der Waals surface area contributed by atoms with Gasteiger partial charge >= 0.3 is 16.2 Å². The van der Waals surface area contributed by atoms with Gasteiger partial charge in [0, 0.05) is 14.1 Å². The first-order valence-corrected chi connectivity index (χ1v) is 6.77. The molecular weight excluding hydrogens is 303 g/mol. The fraction of sp³-hybridized carbons (Fsp3) is 0.222. The molecule has 1 aromatic rings. The van der Waals surface area contributed by atoms with Gasteiger partial charge in [-0.05, 0) is 12.1 Å². The third-order valence-corrected chi connectivity index (χ3v) is 4.02. The monoisotopic (exact) mass is 312 g/mol. The second-order valence-corrected chi connectivity index (χ2v) is 6.21. The molecule has 2 N–H and O–H groups in total. The van der Waals surface area contributed by atoms with Crippen LogP contribution in [0.25, 0.3) is 0 Å². The van der Waals surface area contributed by atoms with E-state index in [1.807, 2.05) is 0 Å². The number of nitrogens with zero attached hydrogens (tertiary/aromatic N) is 1. The Kier molecular flexibility index (Phi) is 4.44. The van der Waals surface area contributed by atoms with E-state index in [2.05, 4.69) is 4.72 Å². The number of anilines is 1. The quantitative estimate of drug-likeness (QED) is 0.889. The molecule has 0 aliphatic heterocycles. The van der Waals surface area contributed by atoms with E-state index in [0.717, 1.165) is 16.4 Å². The summed E-state index contributed by atoms with van der Waals surface area (Å²) in [5.74, 6) is -1.21. The zero-order chi connectivity index (χ0) is 14.1. The molecule has 0 bridgehead atoms. The molecule has 1 rings (SSSR count). The fourth-order valence-corrected chi connectivity index (χ4v) is 2.37. The van der Waals surface area contributed by atoms with Gasteiger partial charge in [0.2, 0.25) is 0 Å². The number of carboxylic acid groups (broad SMARTS) is 1. The molecule has 0 spiro atoms. The highest BCUT2D eigenvalue weighted by Gasteiger charge is 2.19. The standard InChI is InChI=1S/C9H10Cl2N2O4S/c1-13(2)18(16,17)12-8-6(10)3-5(9(14)15)4-7(8)11/h3-4,12H,1-2H3,(H,14,15). The van der Waals surface area contributed by atoms with E-state index < -0.39 is 16.2 Å². The number of rotatable bonds is 4. The predicted molar refractivity (Wildman–Crippen MR) is 69.7 cm³/mol. The summed E-state index contributed by atoms with van der Waals surface area (Å²) in [7, 11) is -1.10. The van der Waals surface area contributed by atoms with Crippen LogP contribution in [0.2, 0.25) is 10.0 Å². The van der Waals surface area contributed by atoms with Crippen LogP contribution in [0.4, 0.5) is 5.69 Å². The first-order valence-electron chi connectivity index (χ1n) is 4.57. The summed E-state index contributed by atoms with van der Waals surface area (Å²) in [5, 5.41) is 8.60. The maximum atomic E-state index is 11.6. The van der Waals surface area contributed by atoms with Crippen molar-refractivity contribution < 1.29 is 18.3 Å². The fourth-order valence-electron chi connectivity index (χ4n) is 1.01. The molecule has 1 aromatic carbocycles. The Labute approximate surface area is 114 Å². The van der Waals surface area contributed by atoms with E-state index in [4.69, 9.17) is 28.3 Å². The summed E-state index contributed by atoms with van der Waals surface area (Å²) < 4.78 is 26.3. The second kappa shape index (κ2) is 5.31. The summed E-state index contributed by atoms with van der Waals surface area (Å²) in [5.41, 5.74) is -0.185. The average Bonchev–Trinajstić information content (AvgIpc) is 2.22. The van der Waals surface area contributed by atoms with E-state index in [9.17, 15) is 13.2 Å². The molecule has 0 saturated heterocycles. The molecule has 9 heteroatoms. The maximum absolute atomic E-state index is 11.6. The van der Waals surface area contributed by atoms with Crippen molar-refractivity contribution in [3.05, 3.63) is 27.7 Å². The average molecular weight is 313 g/mol. The van der Waals surface area contributed by atoms with Gasteiger partial charge in [0.15, 0.2) is 0 Å². The van der Waals surface area contributed by atoms with Crippen LogP contribution in [-0.2, 0) is 10.2 Å². The number of hydrogen-bond donors (Lipinski definition) is 2. The Morgan fingerprint density at radius 1 is 1.28 bits per heavy atom. The summed E-state index contributed by atoms with van der Waals surface area (Å²) in [6.45, 7) is 0. The zero-order valence-corrected chi connectivity index (χ0v) is 11.8. The Hall–Kier alpha value is -1.02. The number of carboxylic acids is 1. The molecule has 0 unspecified atom stereocenters. The van der Waals surface area contributed by atoms with Crippen molar-refractivity contribution in [1.29, 1.82) is 0 Å². The van der Waals surface area contributed by atoms with Crippen LogP contribution < -0.4 is 4.72 Å².